The number of rotatable bonds is 4. The Labute approximate surface area is 73.3 Å². The van der Waals surface area contributed by atoms with Crippen molar-refractivity contribution < 1.29 is 8.42 Å². The van der Waals surface area contributed by atoms with Crippen molar-refractivity contribution in [1.29, 1.82) is 5.26 Å². The summed E-state index contributed by atoms with van der Waals surface area (Å²) in [5, 5.41) is 7.01. The van der Waals surface area contributed by atoms with E-state index in [1.807, 2.05) is 0 Å². The van der Waals surface area contributed by atoms with Gasteiger partial charge in [0.1, 0.15) is 5.25 Å². The number of sulfone groups is 1. The Morgan fingerprint density at radius 2 is 2.08 bits per heavy atom. The molecule has 0 radical (unpaired) electrons. The molecule has 2 N–H and O–H groups in total. The summed E-state index contributed by atoms with van der Waals surface area (Å²) in [6.45, 7) is 3.27. The monoisotopic (exact) mass is 190 g/mol. The summed E-state index contributed by atoms with van der Waals surface area (Å²) in [4.78, 5) is 0. The summed E-state index contributed by atoms with van der Waals surface area (Å²) in [5.74, 6) is 0. The van der Waals surface area contributed by atoms with E-state index in [0.29, 0.717) is 6.42 Å². The van der Waals surface area contributed by atoms with Crippen LogP contribution < -0.4 is 5.73 Å². The molecule has 5 heteroatoms. The Hall–Kier alpha value is -0.600. The second-order valence-corrected chi connectivity index (χ2v) is 5.21. The molecule has 4 nitrogen and oxygen atoms in total. The zero-order chi connectivity index (χ0) is 9.78. The number of nitrogens with two attached hydrogens (primary N) is 1. The largest absolute Gasteiger partial charge is 0.329 e. The molecule has 0 spiro atoms. The quantitative estimate of drug-likeness (QED) is 0.679. The van der Waals surface area contributed by atoms with Crippen LogP contribution in [-0.2, 0) is 9.84 Å². The minimum Gasteiger partial charge on any atom is -0.329 e. The van der Waals surface area contributed by atoms with Gasteiger partial charge in [-0.2, -0.15) is 5.26 Å². The molecule has 0 amide bonds. The third-order valence-corrected chi connectivity index (χ3v) is 4.35. The van der Waals surface area contributed by atoms with Crippen LogP contribution in [0.15, 0.2) is 0 Å². The second kappa shape index (κ2) is 4.43. The highest BCUT2D eigenvalue weighted by molar-refractivity contribution is 7.92. The van der Waals surface area contributed by atoms with Gasteiger partial charge in [-0.15, -0.1) is 0 Å². The van der Waals surface area contributed by atoms with Gasteiger partial charge in [-0.3, -0.25) is 0 Å². The molecule has 0 rings (SSSR count). The maximum Gasteiger partial charge on any atom is 0.170 e. The smallest absolute Gasteiger partial charge is 0.170 e. The van der Waals surface area contributed by atoms with Gasteiger partial charge in [0.2, 0.25) is 0 Å². The highest BCUT2D eigenvalue weighted by atomic mass is 32.2. The van der Waals surface area contributed by atoms with E-state index in [9.17, 15) is 8.42 Å². The first kappa shape index (κ1) is 11.4. The van der Waals surface area contributed by atoms with E-state index in [1.54, 1.807) is 13.0 Å². The molecule has 0 aromatic carbocycles. The zero-order valence-electron chi connectivity index (χ0n) is 7.32. The predicted molar refractivity (Wildman–Crippen MR) is 47.1 cm³/mol. The highest BCUT2D eigenvalue weighted by Gasteiger charge is 2.28. The van der Waals surface area contributed by atoms with Gasteiger partial charge in [0.05, 0.1) is 11.3 Å². The molecule has 0 aliphatic rings. The summed E-state index contributed by atoms with van der Waals surface area (Å²) in [7, 11) is -3.34. The van der Waals surface area contributed by atoms with Crippen molar-refractivity contribution in [3.63, 3.8) is 0 Å². The van der Waals surface area contributed by atoms with Gasteiger partial charge in [0.15, 0.2) is 9.84 Å². The van der Waals surface area contributed by atoms with Crippen molar-refractivity contribution in [3.8, 4) is 6.07 Å². The fraction of sp³-hybridized carbons (Fsp3) is 0.857. The van der Waals surface area contributed by atoms with Crippen molar-refractivity contribution >= 4 is 9.84 Å². The third kappa shape index (κ3) is 2.19. The third-order valence-electron chi connectivity index (χ3n) is 1.80. The molecule has 12 heavy (non-hydrogen) atoms. The summed E-state index contributed by atoms with van der Waals surface area (Å²) in [5.41, 5.74) is 5.22. The maximum atomic E-state index is 11.4. The number of hydrogen-bond donors (Lipinski definition) is 1. The molecule has 2 unspecified atom stereocenters. The summed E-state index contributed by atoms with van der Waals surface area (Å²) in [6.07, 6.45) is 0.323. The number of hydrogen-bond acceptors (Lipinski definition) is 4. The topological polar surface area (TPSA) is 84.0 Å². The minimum absolute atomic E-state index is 0.0700. The maximum absolute atomic E-state index is 11.4. The first-order valence-corrected chi connectivity index (χ1v) is 5.44. The fourth-order valence-electron chi connectivity index (χ4n) is 0.812. The van der Waals surface area contributed by atoms with Crippen molar-refractivity contribution in [2.45, 2.75) is 30.8 Å². The van der Waals surface area contributed by atoms with E-state index in [-0.39, 0.29) is 6.54 Å². The molecule has 0 bridgehead atoms. The van der Waals surface area contributed by atoms with Crippen LogP contribution in [0.25, 0.3) is 0 Å². The van der Waals surface area contributed by atoms with Crippen LogP contribution in [0.4, 0.5) is 0 Å². The van der Waals surface area contributed by atoms with Gasteiger partial charge in [-0.05, 0) is 13.3 Å². The Bertz CT molecular complexity index is 266. The van der Waals surface area contributed by atoms with Crippen molar-refractivity contribution in [2.75, 3.05) is 6.54 Å². The first-order valence-electron chi connectivity index (χ1n) is 3.83. The van der Waals surface area contributed by atoms with E-state index < -0.39 is 20.3 Å². The Morgan fingerprint density at radius 1 is 1.58 bits per heavy atom. The number of nitrogens with zero attached hydrogens (tertiary/aromatic N) is 1. The molecule has 0 saturated heterocycles. The highest BCUT2D eigenvalue weighted by Crippen LogP contribution is 2.10. The van der Waals surface area contributed by atoms with Crippen LogP contribution in [0.1, 0.15) is 20.3 Å². The SMILES string of the molecule is CCC(C#N)S(=O)(=O)C(C)CN. The fourth-order valence-corrected chi connectivity index (χ4v) is 2.25. The average molecular weight is 190 g/mol. The molecule has 0 aromatic rings. The predicted octanol–water partition coefficient (Wildman–Crippen LogP) is 0.0506. The summed E-state index contributed by atoms with van der Waals surface area (Å²) >= 11 is 0. The van der Waals surface area contributed by atoms with Gasteiger partial charge in [-0.1, -0.05) is 6.92 Å². The van der Waals surface area contributed by atoms with Crippen LogP contribution >= 0.6 is 0 Å². The van der Waals surface area contributed by atoms with Crippen LogP contribution in [0.2, 0.25) is 0 Å². The lowest BCUT2D eigenvalue weighted by Crippen LogP contribution is -2.34. The van der Waals surface area contributed by atoms with Gasteiger partial charge in [0.25, 0.3) is 0 Å². The molecule has 0 aliphatic carbocycles. The van der Waals surface area contributed by atoms with Gasteiger partial charge in [0, 0.05) is 6.54 Å². The second-order valence-electron chi connectivity index (χ2n) is 2.66. The Morgan fingerprint density at radius 3 is 2.33 bits per heavy atom. The standard InChI is InChI=1S/C7H14N2O2S/c1-3-7(5-9)12(10,11)6(2)4-8/h6-7H,3-4,8H2,1-2H3. The molecule has 2 atom stereocenters. The van der Waals surface area contributed by atoms with Crippen LogP contribution in [-0.4, -0.2) is 25.5 Å². The lowest BCUT2D eigenvalue weighted by molar-refractivity contribution is 0.575. The molecule has 0 aliphatic heterocycles. The molecule has 0 saturated carbocycles. The normalized spacial score (nSPS) is 16.5. The molecular formula is C7H14N2O2S. The Balaban J connectivity index is 4.74. The molecule has 0 heterocycles. The van der Waals surface area contributed by atoms with Crippen molar-refractivity contribution in [2.24, 2.45) is 5.73 Å². The van der Waals surface area contributed by atoms with E-state index >= 15 is 0 Å². The molecule has 0 fully saturated rings. The van der Waals surface area contributed by atoms with E-state index in [0.717, 1.165) is 0 Å². The first-order chi connectivity index (χ1) is 5.50. The minimum atomic E-state index is -3.34. The van der Waals surface area contributed by atoms with Crippen molar-refractivity contribution in [3.05, 3.63) is 0 Å². The van der Waals surface area contributed by atoms with Crippen molar-refractivity contribution in [1.82, 2.24) is 0 Å². The molecule has 0 aromatic heterocycles. The van der Waals surface area contributed by atoms with Crippen LogP contribution in [0.5, 0.6) is 0 Å². The van der Waals surface area contributed by atoms with Gasteiger partial charge in [-0.25, -0.2) is 8.42 Å². The van der Waals surface area contributed by atoms with Gasteiger partial charge < -0.3 is 5.73 Å². The van der Waals surface area contributed by atoms with Crippen LogP contribution in [0, 0.1) is 11.3 Å². The average Bonchev–Trinajstić information content (AvgIpc) is 2.04. The van der Waals surface area contributed by atoms with Gasteiger partial charge >= 0.3 is 0 Å². The van der Waals surface area contributed by atoms with E-state index in [1.165, 1.54) is 6.92 Å². The lowest BCUT2D eigenvalue weighted by Gasteiger charge is -2.13. The summed E-state index contributed by atoms with van der Waals surface area (Å²) in [6, 6.07) is 1.76. The van der Waals surface area contributed by atoms with E-state index in [4.69, 9.17) is 11.0 Å². The number of nitriles is 1. The zero-order valence-corrected chi connectivity index (χ0v) is 8.13. The Kier molecular flexibility index (Phi) is 4.21. The molecule has 70 valence electrons. The molecular weight excluding hydrogens is 176 g/mol. The van der Waals surface area contributed by atoms with Crippen LogP contribution in [0.3, 0.4) is 0 Å². The van der Waals surface area contributed by atoms with E-state index in [2.05, 4.69) is 0 Å². The summed E-state index contributed by atoms with van der Waals surface area (Å²) < 4.78 is 22.8. The lowest BCUT2D eigenvalue weighted by atomic mass is 10.4.